The highest BCUT2D eigenvalue weighted by molar-refractivity contribution is 5.88. The quantitative estimate of drug-likeness (QED) is 0.290. The molecule has 0 saturated heterocycles. The minimum Gasteiger partial charge on any atom is -0.427 e. The number of ether oxygens (including phenoxy) is 2. The highest BCUT2D eigenvalue weighted by Gasteiger charge is 2.09. The van der Waals surface area contributed by atoms with Crippen molar-refractivity contribution in [1.82, 2.24) is 0 Å². The summed E-state index contributed by atoms with van der Waals surface area (Å²) in [6.45, 7) is 8.72. The summed E-state index contributed by atoms with van der Waals surface area (Å²) in [5.41, 5.74) is 5.91. The van der Waals surface area contributed by atoms with Gasteiger partial charge in [0.05, 0.1) is 0 Å². The van der Waals surface area contributed by atoms with Crippen molar-refractivity contribution in [3.63, 3.8) is 0 Å². The summed E-state index contributed by atoms with van der Waals surface area (Å²) >= 11 is 0. The van der Waals surface area contributed by atoms with Gasteiger partial charge in [0.1, 0.15) is 11.5 Å². The third kappa shape index (κ3) is 5.03. The summed E-state index contributed by atoms with van der Waals surface area (Å²) in [7, 11) is 0. The average Bonchev–Trinajstić information content (AvgIpc) is 2.74. The number of carbonyl (C=O) groups is 2. The molecular weight excluding hydrogens is 376 g/mol. The fraction of sp³-hybridized carbons (Fsp3) is 0.154. The molecule has 0 heterocycles. The van der Waals surface area contributed by atoms with Gasteiger partial charge in [0.25, 0.3) is 0 Å². The summed E-state index contributed by atoms with van der Waals surface area (Å²) in [5, 5.41) is 0. The molecule has 0 aromatic heterocycles. The third-order valence-corrected chi connectivity index (χ3v) is 4.66. The Bertz CT molecular complexity index is 1080. The van der Waals surface area contributed by atoms with Gasteiger partial charge < -0.3 is 9.47 Å². The van der Waals surface area contributed by atoms with E-state index in [2.05, 4.69) is 31.7 Å². The zero-order chi connectivity index (χ0) is 21.7. The number of aryl methyl sites for hydroxylation is 1. The second kappa shape index (κ2) is 9.23. The lowest BCUT2D eigenvalue weighted by molar-refractivity contribution is -0.132. The predicted octanol–water partition coefficient (Wildman–Crippen LogP) is 5.99. The molecule has 30 heavy (non-hydrogen) atoms. The van der Waals surface area contributed by atoms with Crippen molar-refractivity contribution in [2.45, 2.75) is 27.2 Å². The molecule has 0 radical (unpaired) electrons. The first kappa shape index (κ1) is 21.1. The second-order valence-electron chi connectivity index (χ2n) is 7.04. The maximum Gasteiger partial charge on any atom is 0.338 e. The van der Waals surface area contributed by atoms with Crippen LogP contribution in [-0.2, 0) is 16.0 Å². The number of carbonyl (C=O) groups excluding carboxylic acids is 2. The lowest BCUT2D eigenvalue weighted by Crippen LogP contribution is -2.07. The molecule has 0 N–H and O–H groups in total. The largest absolute Gasteiger partial charge is 0.427 e. The average molecular weight is 400 g/mol. The van der Waals surface area contributed by atoms with Gasteiger partial charge >= 0.3 is 11.9 Å². The van der Waals surface area contributed by atoms with Crippen molar-refractivity contribution in [1.29, 1.82) is 0 Å². The number of esters is 2. The van der Waals surface area contributed by atoms with E-state index in [1.54, 1.807) is 31.2 Å². The first-order valence-electron chi connectivity index (χ1n) is 9.77. The van der Waals surface area contributed by atoms with Crippen LogP contribution in [0.15, 0.2) is 78.9 Å². The summed E-state index contributed by atoms with van der Waals surface area (Å²) < 4.78 is 10.4. The summed E-state index contributed by atoms with van der Waals surface area (Å²) in [6.07, 6.45) is 0.878. The van der Waals surface area contributed by atoms with E-state index < -0.39 is 5.97 Å². The van der Waals surface area contributed by atoms with Crippen LogP contribution in [0.5, 0.6) is 11.5 Å². The van der Waals surface area contributed by atoms with E-state index in [1.807, 2.05) is 24.3 Å². The molecular formula is C26H24O4. The first-order chi connectivity index (χ1) is 14.4. The monoisotopic (exact) mass is 400 g/mol. The Hall–Kier alpha value is -3.66. The van der Waals surface area contributed by atoms with Crippen LogP contribution in [-0.4, -0.2) is 11.9 Å². The fourth-order valence-corrected chi connectivity index (χ4v) is 3.13. The van der Waals surface area contributed by atoms with Gasteiger partial charge in [-0.25, -0.2) is 4.79 Å². The zero-order valence-electron chi connectivity index (χ0n) is 17.4. The van der Waals surface area contributed by atoms with Gasteiger partial charge in [-0.15, -0.1) is 0 Å². The molecule has 0 aliphatic carbocycles. The Kier molecular flexibility index (Phi) is 6.48. The smallest absolute Gasteiger partial charge is 0.338 e. The Balaban J connectivity index is 1.84. The molecule has 3 rings (SSSR count). The van der Waals surface area contributed by atoms with Gasteiger partial charge in [0.15, 0.2) is 0 Å². The second-order valence-corrected chi connectivity index (χ2v) is 7.04. The van der Waals surface area contributed by atoms with E-state index in [4.69, 9.17) is 9.47 Å². The predicted molar refractivity (Wildman–Crippen MR) is 118 cm³/mol. The summed E-state index contributed by atoms with van der Waals surface area (Å²) in [4.78, 5) is 22.7. The van der Waals surface area contributed by atoms with Crippen LogP contribution in [0.1, 0.15) is 26.3 Å². The fourth-order valence-electron chi connectivity index (χ4n) is 3.13. The highest BCUT2D eigenvalue weighted by atomic mass is 16.5. The Morgan fingerprint density at radius 3 is 1.83 bits per heavy atom. The molecule has 3 aromatic carbocycles. The molecule has 4 nitrogen and oxygen atoms in total. The maximum atomic E-state index is 11.7. The molecule has 0 atom stereocenters. The molecule has 0 aliphatic rings. The van der Waals surface area contributed by atoms with E-state index in [1.165, 1.54) is 12.5 Å². The number of rotatable bonds is 6. The number of benzene rings is 3. The highest BCUT2D eigenvalue weighted by Crippen LogP contribution is 2.31. The van der Waals surface area contributed by atoms with E-state index in [9.17, 15) is 9.59 Å². The number of hydrogen-bond acceptors (Lipinski definition) is 4. The minimum absolute atomic E-state index is 0.332. The molecule has 0 aliphatic heterocycles. The number of hydrogen-bond donors (Lipinski definition) is 0. The van der Waals surface area contributed by atoms with Crippen LogP contribution in [0.3, 0.4) is 0 Å². The third-order valence-electron chi connectivity index (χ3n) is 4.66. The van der Waals surface area contributed by atoms with E-state index in [0.29, 0.717) is 17.1 Å². The van der Waals surface area contributed by atoms with Crippen molar-refractivity contribution in [2.75, 3.05) is 0 Å². The van der Waals surface area contributed by atoms with Crippen LogP contribution >= 0.6 is 0 Å². The molecule has 0 saturated carbocycles. The topological polar surface area (TPSA) is 52.6 Å². The summed E-state index contributed by atoms with van der Waals surface area (Å²) in [6, 6.07) is 21.3. The van der Waals surface area contributed by atoms with Crippen LogP contribution in [0.25, 0.3) is 22.3 Å². The molecule has 152 valence electrons. The van der Waals surface area contributed by atoms with Crippen molar-refractivity contribution in [3.05, 3.63) is 84.4 Å². The summed E-state index contributed by atoms with van der Waals surface area (Å²) in [5.74, 6) is 0.266. The van der Waals surface area contributed by atoms with Crippen LogP contribution in [0.2, 0.25) is 0 Å². The van der Waals surface area contributed by atoms with Gasteiger partial charge in [0.2, 0.25) is 0 Å². The molecule has 0 fully saturated rings. The van der Waals surface area contributed by atoms with Gasteiger partial charge in [0, 0.05) is 12.5 Å². The van der Waals surface area contributed by atoms with Gasteiger partial charge in [-0.05, 0) is 65.4 Å². The normalized spacial score (nSPS) is 10.4. The van der Waals surface area contributed by atoms with Crippen LogP contribution < -0.4 is 9.47 Å². The Morgan fingerprint density at radius 2 is 1.30 bits per heavy atom. The Morgan fingerprint density at radius 1 is 0.767 bits per heavy atom. The van der Waals surface area contributed by atoms with Crippen LogP contribution in [0, 0.1) is 0 Å². The van der Waals surface area contributed by atoms with E-state index >= 15 is 0 Å². The minimum atomic E-state index is -0.430. The molecule has 0 unspecified atom stereocenters. The van der Waals surface area contributed by atoms with Crippen LogP contribution in [0.4, 0.5) is 0 Å². The molecule has 0 spiro atoms. The van der Waals surface area contributed by atoms with Crippen molar-refractivity contribution in [3.8, 4) is 33.8 Å². The lowest BCUT2D eigenvalue weighted by atomic mass is 9.93. The molecule has 4 heteroatoms. The molecule has 3 aromatic rings. The van der Waals surface area contributed by atoms with Gasteiger partial charge in [-0.2, -0.15) is 0 Å². The SMILES string of the molecule is C=C(C)C(=O)Oc1ccc(-c2ccc(-c3ccc(OC(C)=O)cc3)c(CC)c2)cc1. The van der Waals surface area contributed by atoms with E-state index in [0.717, 1.165) is 28.7 Å². The van der Waals surface area contributed by atoms with Crippen molar-refractivity contribution >= 4 is 11.9 Å². The van der Waals surface area contributed by atoms with Gasteiger partial charge in [-0.3, -0.25) is 4.79 Å². The lowest BCUT2D eigenvalue weighted by Gasteiger charge is -2.12. The molecule has 0 amide bonds. The van der Waals surface area contributed by atoms with Gasteiger partial charge in [-0.1, -0.05) is 56.0 Å². The Labute approximate surface area is 176 Å². The standard InChI is InChI=1S/C26H24O4/c1-5-19-16-22(20-6-11-24(12-7-20)30-26(28)17(2)3)10-15-25(19)21-8-13-23(14-9-21)29-18(4)27/h6-16H,2,5H2,1,3-4H3. The zero-order valence-corrected chi connectivity index (χ0v) is 17.4. The van der Waals surface area contributed by atoms with Crippen molar-refractivity contribution < 1.29 is 19.1 Å². The first-order valence-corrected chi connectivity index (χ1v) is 9.77. The van der Waals surface area contributed by atoms with Crippen molar-refractivity contribution in [2.24, 2.45) is 0 Å². The molecule has 0 bridgehead atoms. The maximum absolute atomic E-state index is 11.7. The van der Waals surface area contributed by atoms with E-state index in [-0.39, 0.29) is 5.97 Å².